The molecule has 0 saturated heterocycles. The van der Waals surface area contributed by atoms with E-state index in [1.165, 1.54) is 5.56 Å². The smallest absolute Gasteiger partial charge is 0.260 e. The number of amides is 1. The molecule has 10 heteroatoms. The van der Waals surface area contributed by atoms with Crippen molar-refractivity contribution in [3.05, 3.63) is 53.3 Å². The van der Waals surface area contributed by atoms with Gasteiger partial charge in [0.25, 0.3) is 5.91 Å². The van der Waals surface area contributed by atoms with Crippen molar-refractivity contribution in [3.63, 3.8) is 0 Å². The summed E-state index contributed by atoms with van der Waals surface area (Å²) in [5.41, 5.74) is 3.30. The normalized spacial score (nSPS) is 13.6. The van der Waals surface area contributed by atoms with Crippen LogP contribution < -0.4 is 15.4 Å². The van der Waals surface area contributed by atoms with Crippen molar-refractivity contribution in [2.75, 3.05) is 25.6 Å². The molecule has 0 aliphatic carbocycles. The van der Waals surface area contributed by atoms with Crippen molar-refractivity contribution in [3.8, 4) is 17.3 Å². The molecule has 0 fully saturated rings. The van der Waals surface area contributed by atoms with Crippen LogP contribution in [0.1, 0.15) is 34.5 Å². The fourth-order valence-corrected chi connectivity index (χ4v) is 3.51. The van der Waals surface area contributed by atoms with E-state index >= 15 is 0 Å². The van der Waals surface area contributed by atoms with E-state index in [0.717, 1.165) is 25.1 Å². The maximum Gasteiger partial charge on any atom is 0.260 e. The number of pyridine rings is 1. The number of fused-ring (bicyclic) bond motifs is 1. The lowest BCUT2D eigenvalue weighted by Crippen LogP contribution is -2.24. The van der Waals surface area contributed by atoms with Crippen molar-refractivity contribution in [1.29, 1.82) is 0 Å². The number of ether oxygens (including phenoxy) is 1. The zero-order chi connectivity index (χ0) is 21.1. The number of aliphatic hydroxyl groups excluding tert-OH is 1. The Labute approximate surface area is 186 Å². The minimum absolute atomic E-state index is 0. The predicted octanol–water partition coefficient (Wildman–Crippen LogP) is 2.22. The molecule has 0 radical (unpaired) electrons. The molecule has 9 nitrogen and oxygen atoms in total. The maximum atomic E-state index is 13.0. The molecular weight excluding hydrogens is 420 g/mol. The molecule has 2 aromatic heterocycles. The molecule has 4 rings (SSSR count). The van der Waals surface area contributed by atoms with Gasteiger partial charge in [-0.3, -0.25) is 4.79 Å². The van der Waals surface area contributed by atoms with Gasteiger partial charge in [0, 0.05) is 6.54 Å². The van der Waals surface area contributed by atoms with E-state index in [0.29, 0.717) is 28.6 Å². The number of benzene rings is 1. The number of hydrogen-bond acceptors (Lipinski definition) is 7. The first-order valence-corrected chi connectivity index (χ1v) is 9.80. The average Bonchev–Trinajstić information content (AvgIpc) is 3.27. The summed E-state index contributed by atoms with van der Waals surface area (Å²) in [6, 6.07) is 8.90. The summed E-state index contributed by atoms with van der Waals surface area (Å²) in [4.78, 5) is 17.5. The molecule has 3 heterocycles. The number of hydrogen-bond donors (Lipinski definition) is 3. The van der Waals surface area contributed by atoms with Gasteiger partial charge in [-0.25, -0.2) is 4.98 Å². The fraction of sp³-hybridized carbons (Fsp3) is 0.333. The van der Waals surface area contributed by atoms with Crippen LogP contribution in [-0.2, 0) is 13.0 Å². The highest BCUT2D eigenvalue weighted by atomic mass is 35.5. The van der Waals surface area contributed by atoms with Crippen molar-refractivity contribution in [2.45, 2.75) is 25.9 Å². The van der Waals surface area contributed by atoms with Crippen LogP contribution in [0.3, 0.4) is 0 Å². The van der Waals surface area contributed by atoms with Gasteiger partial charge in [-0.1, -0.05) is 6.07 Å². The van der Waals surface area contributed by atoms with Crippen molar-refractivity contribution >= 4 is 24.1 Å². The highest BCUT2D eigenvalue weighted by molar-refractivity contribution is 6.06. The quantitative estimate of drug-likeness (QED) is 0.534. The number of halogens is 1. The highest BCUT2D eigenvalue weighted by Crippen LogP contribution is 2.27. The van der Waals surface area contributed by atoms with E-state index in [2.05, 4.69) is 25.8 Å². The second kappa shape index (κ2) is 9.86. The van der Waals surface area contributed by atoms with E-state index in [9.17, 15) is 9.90 Å². The Balaban J connectivity index is 0.00000272. The average molecular weight is 445 g/mol. The molecule has 3 aromatic rings. The highest BCUT2D eigenvalue weighted by Gasteiger charge is 2.19. The number of nitrogens with one attached hydrogen (secondary N) is 2. The van der Waals surface area contributed by atoms with E-state index in [1.807, 2.05) is 19.1 Å². The third-order valence-electron chi connectivity index (χ3n) is 5.18. The number of nitrogens with zero attached hydrogens (tertiary/aromatic N) is 4. The van der Waals surface area contributed by atoms with Gasteiger partial charge in [-0.05, 0) is 55.3 Å². The number of rotatable bonds is 6. The molecular formula is C21H25ClN6O3. The first-order valence-electron chi connectivity index (χ1n) is 9.80. The van der Waals surface area contributed by atoms with Crippen LogP contribution in [-0.4, -0.2) is 51.0 Å². The molecule has 0 spiro atoms. The Morgan fingerprint density at radius 2 is 2.19 bits per heavy atom. The number of methoxy groups -OCH3 is 1. The number of carbonyl (C=O) groups excluding carboxylic acids is 1. The van der Waals surface area contributed by atoms with Crippen LogP contribution in [0, 0.1) is 0 Å². The Hall–Kier alpha value is -3.01. The van der Waals surface area contributed by atoms with E-state index < -0.39 is 0 Å². The summed E-state index contributed by atoms with van der Waals surface area (Å²) in [7, 11) is 1.56. The van der Waals surface area contributed by atoms with Gasteiger partial charge in [0.1, 0.15) is 23.6 Å². The van der Waals surface area contributed by atoms with Gasteiger partial charge in [-0.2, -0.15) is 0 Å². The minimum Gasteiger partial charge on any atom is -0.496 e. The summed E-state index contributed by atoms with van der Waals surface area (Å²) in [6.07, 6.45) is 2.46. The van der Waals surface area contributed by atoms with Crippen LogP contribution in [0.4, 0.5) is 5.82 Å². The van der Waals surface area contributed by atoms with Gasteiger partial charge < -0.3 is 25.0 Å². The molecule has 3 N–H and O–H groups in total. The standard InChI is InChI=1S/C21H24N6O3.ClH/c1-13(11-28)27-12-23-26-20(27)17-4-3-5-19(24-17)25-21(29)16-8-15-10-22-7-6-14(15)9-18(16)30-2;/h3-5,8-9,12-13,22,28H,6-7,10-11H2,1-2H3,(H,24,25,29);1H/t13-;/m1./s1. The number of carbonyl (C=O) groups is 1. The molecule has 1 aliphatic heterocycles. The van der Waals surface area contributed by atoms with Crippen LogP contribution in [0.25, 0.3) is 11.5 Å². The van der Waals surface area contributed by atoms with Gasteiger partial charge in [0.2, 0.25) is 0 Å². The molecule has 164 valence electrons. The first-order chi connectivity index (χ1) is 14.6. The monoisotopic (exact) mass is 444 g/mol. The molecule has 1 atom stereocenters. The minimum atomic E-state index is -0.296. The van der Waals surface area contributed by atoms with Gasteiger partial charge >= 0.3 is 0 Å². The second-order valence-corrected chi connectivity index (χ2v) is 7.20. The van der Waals surface area contributed by atoms with Gasteiger partial charge in [0.15, 0.2) is 5.82 Å². The van der Waals surface area contributed by atoms with Gasteiger partial charge in [0.05, 0.1) is 25.3 Å². The number of aliphatic hydroxyl groups is 1. The summed E-state index contributed by atoms with van der Waals surface area (Å²) in [6.45, 7) is 3.45. The van der Waals surface area contributed by atoms with Crippen LogP contribution in [0.5, 0.6) is 5.75 Å². The third kappa shape index (κ3) is 4.68. The lowest BCUT2D eigenvalue weighted by atomic mass is 9.97. The lowest BCUT2D eigenvalue weighted by Gasteiger charge is -2.20. The molecule has 1 amide bonds. The summed E-state index contributed by atoms with van der Waals surface area (Å²) in [5.74, 6) is 1.16. The number of anilines is 1. The Kier molecular flexibility index (Phi) is 7.21. The zero-order valence-corrected chi connectivity index (χ0v) is 18.1. The SMILES string of the molecule is COc1cc2c(cc1C(=O)Nc1cccc(-c3nncn3[C@H](C)CO)n1)CNCC2.Cl. The lowest BCUT2D eigenvalue weighted by molar-refractivity contribution is 0.102. The number of aromatic nitrogens is 4. The summed E-state index contributed by atoms with van der Waals surface area (Å²) < 4.78 is 7.20. The largest absolute Gasteiger partial charge is 0.496 e. The van der Waals surface area contributed by atoms with Crippen LogP contribution in [0.2, 0.25) is 0 Å². The maximum absolute atomic E-state index is 13.0. The topological polar surface area (TPSA) is 114 Å². The molecule has 0 unspecified atom stereocenters. The molecule has 0 bridgehead atoms. The van der Waals surface area contributed by atoms with E-state index in [-0.39, 0.29) is 31.0 Å². The summed E-state index contributed by atoms with van der Waals surface area (Å²) >= 11 is 0. The molecule has 1 aliphatic rings. The predicted molar refractivity (Wildman–Crippen MR) is 119 cm³/mol. The second-order valence-electron chi connectivity index (χ2n) is 7.20. The van der Waals surface area contributed by atoms with Crippen molar-refractivity contribution in [1.82, 2.24) is 25.1 Å². The van der Waals surface area contributed by atoms with E-state index in [1.54, 1.807) is 36.2 Å². The molecule has 1 aromatic carbocycles. The third-order valence-corrected chi connectivity index (χ3v) is 5.18. The first kappa shape index (κ1) is 22.7. The zero-order valence-electron chi connectivity index (χ0n) is 17.3. The molecule has 0 saturated carbocycles. The molecule has 31 heavy (non-hydrogen) atoms. The van der Waals surface area contributed by atoms with E-state index in [4.69, 9.17) is 4.74 Å². The Bertz CT molecular complexity index is 1070. The van der Waals surface area contributed by atoms with Gasteiger partial charge in [-0.15, -0.1) is 22.6 Å². The summed E-state index contributed by atoms with van der Waals surface area (Å²) in [5, 5.41) is 23.6. The van der Waals surface area contributed by atoms with Crippen molar-refractivity contribution in [2.24, 2.45) is 0 Å². The fourth-order valence-electron chi connectivity index (χ4n) is 3.51. The van der Waals surface area contributed by atoms with Crippen LogP contribution in [0.15, 0.2) is 36.7 Å². The van der Waals surface area contributed by atoms with Crippen LogP contribution >= 0.6 is 12.4 Å². The Morgan fingerprint density at radius 1 is 1.35 bits per heavy atom. The van der Waals surface area contributed by atoms with Crippen molar-refractivity contribution < 1.29 is 14.6 Å². The Morgan fingerprint density at radius 3 is 2.97 bits per heavy atom.